The first-order chi connectivity index (χ1) is 8.02. The van der Waals surface area contributed by atoms with Crippen LogP contribution in [0.25, 0.3) is 0 Å². The number of hydrogen-bond acceptors (Lipinski definition) is 3. The largest absolute Gasteiger partial charge is 0.469 e. The predicted molar refractivity (Wildman–Crippen MR) is 64.2 cm³/mol. The lowest BCUT2D eigenvalue weighted by Gasteiger charge is -2.09. The summed E-state index contributed by atoms with van der Waals surface area (Å²) in [7, 11) is 1.38. The van der Waals surface area contributed by atoms with E-state index in [1.807, 2.05) is 31.2 Å². The van der Waals surface area contributed by atoms with E-state index in [1.165, 1.54) is 7.11 Å². The Labute approximate surface area is 101 Å². The fraction of sp³-hybridized carbons (Fsp3) is 0.385. The van der Waals surface area contributed by atoms with Crippen molar-refractivity contribution in [3.63, 3.8) is 0 Å². The van der Waals surface area contributed by atoms with E-state index >= 15 is 0 Å². The van der Waals surface area contributed by atoms with Crippen LogP contribution in [0, 0.1) is 5.92 Å². The Balaban J connectivity index is 2.62. The Morgan fingerprint density at radius 1 is 1.24 bits per heavy atom. The molecule has 0 aliphatic rings. The monoisotopic (exact) mass is 235 g/mol. The second kappa shape index (κ2) is 6.03. The van der Waals surface area contributed by atoms with Gasteiger partial charge in [0.05, 0.1) is 19.4 Å². The molecule has 0 spiro atoms. The molecule has 4 nitrogen and oxygen atoms in total. The summed E-state index contributed by atoms with van der Waals surface area (Å²) >= 11 is 0. The van der Waals surface area contributed by atoms with Crippen LogP contribution < -0.4 is 5.73 Å². The molecular formula is C13H17NO3. The third-order valence-corrected chi connectivity index (χ3v) is 2.55. The molecule has 17 heavy (non-hydrogen) atoms. The number of methoxy groups -OCH3 is 1. The summed E-state index contributed by atoms with van der Waals surface area (Å²) in [5.41, 5.74) is 7.02. The fourth-order valence-electron chi connectivity index (χ4n) is 1.63. The molecule has 0 unspecified atom stereocenters. The summed E-state index contributed by atoms with van der Waals surface area (Å²) in [4.78, 5) is 22.0. The molecule has 1 rings (SSSR count). The van der Waals surface area contributed by atoms with E-state index in [2.05, 4.69) is 4.74 Å². The van der Waals surface area contributed by atoms with Crippen LogP contribution in [0.5, 0.6) is 0 Å². The first kappa shape index (κ1) is 13.2. The number of carbonyl (C=O) groups excluding carboxylic acids is 2. The number of esters is 1. The molecule has 4 heteroatoms. The average Bonchev–Trinajstić information content (AvgIpc) is 2.30. The van der Waals surface area contributed by atoms with E-state index in [0.29, 0.717) is 6.42 Å². The Hall–Kier alpha value is -1.84. The Morgan fingerprint density at radius 3 is 2.24 bits per heavy atom. The van der Waals surface area contributed by atoms with Crippen molar-refractivity contribution in [2.24, 2.45) is 11.7 Å². The van der Waals surface area contributed by atoms with Gasteiger partial charge in [-0.1, -0.05) is 31.2 Å². The number of nitrogens with two attached hydrogens (primary N) is 1. The number of amides is 1. The van der Waals surface area contributed by atoms with Gasteiger partial charge in [-0.3, -0.25) is 9.59 Å². The van der Waals surface area contributed by atoms with Gasteiger partial charge in [-0.25, -0.2) is 0 Å². The highest BCUT2D eigenvalue weighted by Gasteiger charge is 2.13. The smallest absolute Gasteiger partial charge is 0.308 e. The van der Waals surface area contributed by atoms with Gasteiger partial charge in [-0.05, 0) is 17.5 Å². The summed E-state index contributed by atoms with van der Waals surface area (Å²) in [6.45, 7) is 1.82. The summed E-state index contributed by atoms with van der Waals surface area (Å²) in [5.74, 6) is -0.728. The Morgan fingerprint density at radius 2 is 1.76 bits per heavy atom. The van der Waals surface area contributed by atoms with Crippen molar-refractivity contribution in [1.82, 2.24) is 0 Å². The Kier molecular flexibility index (Phi) is 4.69. The van der Waals surface area contributed by atoms with Crippen molar-refractivity contribution in [1.29, 1.82) is 0 Å². The highest BCUT2D eigenvalue weighted by atomic mass is 16.5. The van der Waals surface area contributed by atoms with Crippen LogP contribution in [0.1, 0.15) is 18.1 Å². The third kappa shape index (κ3) is 4.26. The zero-order valence-electron chi connectivity index (χ0n) is 10.1. The number of rotatable bonds is 5. The first-order valence-corrected chi connectivity index (χ1v) is 5.47. The molecule has 0 aliphatic heterocycles. The van der Waals surface area contributed by atoms with Crippen LogP contribution >= 0.6 is 0 Å². The predicted octanol–water partition coefficient (Wildman–Crippen LogP) is 1.07. The molecule has 0 heterocycles. The van der Waals surface area contributed by atoms with E-state index in [-0.39, 0.29) is 24.2 Å². The van der Waals surface area contributed by atoms with Gasteiger partial charge in [0.15, 0.2) is 0 Å². The highest BCUT2D eigenvalue weighted by Crippen LogP contribution is 2.11. The van der Waals surface area contributed by atoms with Gasteiger partial charge in [0, 0.05) is 0 Å². The maximum absolute atomic E-state index is 11.2. The van der Waals surface area contributed by atoms with E-state index < -0.39 is 0 Å². The van der Waals surface area contributed by atoms with Crippen molar-refractivity contribution >= 4 is 11.9 Å². The van der Waals surface area contributed by atoms with Gasteiger partial charge in [0.2, 0.25) is 5.91 Å². The zero-order chi connectivity index (χ0) is 12.8. The lowest BCUT2D eigenvalue weighted by Crippen LogP contribution is -2.15. The summed E-state index contributed by atoms with van der Waals surface area (Å²) in [6, 6.07) is 7.50. The molecule has 1 atom stereocenters. The lowest BCUT2D eigenvalue weighted by atomic mass is 9.99. The van der Waals surface area contributed by atoms with E-state index in [4.69, 9.17) is 5.73 Å². The molecule has 0 aromatic heterocycles. The van der Waals surface area contributed by atoms with Gasteiger partial charge < -0.3 is 10.5 Å². The average molecular weight is 235 g/mol. The third-order valence-electron chi connectivity index (χ3n) is 2.55. The number of primary amides is 1. The summed E-state index contributed by atoms with van der Waals surface area (Å²) in [5, 5.41) is 0. The number of benzene rings is 1. The van der Waals surface area contributed by atoms with E-state index in [1.54, 1.807) is 0 Å². The molecule has 0 saturated heterocycles. The highest BCUT2D eigenvalue weighted by molar-refractivity contribution is 5.76. The molecule has 0 fully saturated rings. The van der Waals surface area contributed by atoms with Gasteiger partial charge >= 0.3 is 5.97 Å². The quantitative estimate of drug-likeness (QED) is 0.776. The van der Waals surface area contributed by atoms with Crippen molar-refractivity contribution < 1.29 is 14.3 Å². The van der Waals surface area contributed by atoms with Crippen molar-refractivity contribution in [2.45, 2.75) is 19.8 Å². The molecular weight excluding hydrogens is 218 g/mol. The van der Waals surface area contributed by atoms with Crippen LogP contribution in [0.15, 0.2) is 24.3 Å². The fourth-order valence-corrected chi connectivity index (χ4v) is 1.63. The number of ether oxygens (including phenoxy) is 1. The van der Waals surface area contributed by atoms with Crippen LogP contribution in [-0.2, 0) is 27.2 Å². The minimum Gasteiger partial charge on any atom is -0.469 e. The molecule has 0 radical (unpaired) electrons. The minimum absolute atomic E-state index is 0.165. The number of carbonyl (C=O) groups is 2. The number of hydrogen-bond donors (Lipinski definition) is 1. The van der Waals surface area contributed by atoms with Crippen LogP contribution in [0.4, 0.5) is 0 Å². The van der Waals surface area contributed by atoms with Crippen molar-refractivity contribution in [2.75, 3.05) is 7.11 Å². The molecule has 1 amide bonds. The van der Waals surface area contributed by atoms with Crippen LogP contribution in [0.2, 0.25) is 0 Å². The van der Waals surface area contributed by atoms with E-state index in [0.717, 1.165) is 11.1 Å². The molecule has 0 aliphatic carbocycles. The molecule has 1 aromatic rings. The molecule has 1 aromatic carbocycles. The SMILES string of the molecule is COC(=O)[C@H](C)Cc1ccc(CC(N)=O)cc1. The Bertz CT molecular complexity index is 398. The minimum atomic E-state index is -0.347. The molecule has 92 valence electrons. The van der Waals surface area contributed by atoms with Gasteiger partial charge in [0.25, 0.3) is 0 Å². The van der Waals surface area contributed by atoms with E-state index in [9.17, 15) is 9.59 Å². The topological polar surface area (TPSA) is 69.4 Å². The maximum Gasteiger partial charge on any atom is 0.308 e. The van der Waals surface area contributed by atoms with Crippen LogP contribution in [0.3, 0.4) is 0 Å². The molecule has 0 saturated carbocycles. The lowest BCUT2D eigenvalue weighted by molar-refractivity contribution is -0.144. The normalized spacial score (nSPS) is 11.9. The maximum atomic E-state index is 11.2. The van der Waals surface area contributed by atoms with Gasteiger partial charge in [-0.2, -0.15) is 0 Å². The molecule has 0 bridgehead atoms. The zero-order valence-corrected chi connectivity index (χ0v) is 10.1. The van der Waals surface area contributed by atoms with Crippen LogP contribution in [-0.4, -0.2) is 19.0 Å². The summed E-state index contributed by atoms with van der Waals surface area (Å²) < 4.78 is 4.66. The summed E-state index contributed by atoms with van der Waals surface area (Å²) in [6.07, 6.45) is 0.871. The van der Waals surface area contributed by atoms with Crippen molar-refractivity contribution in [3.05, 3.63) is 35.4 Å². The van der Waals surface area contributed by atoms with Gasteiger partial charge in [-0.15, -0.1) is 0 Å². The standard InChI is InChI=1S/C13H17NO3/c1-9(13(16)17-2)7-10-3-5-11(6-4-10)8-12(14)15/h3-6,9H,7-8H2,1-2H3,(H2,14,15)/t9-/m1/s1. The first-order valence-electron chi connectivity index (χ1n) is 5.47. The van der Waals surface area contributed by atoms with Gasteiger partial charge in [0.1, 0.15) is 0 Å². The second-order valence-electron chi connectivity index (χ2n) is 4.09. The molecule has 2 N–H and O–H groups in total. The van der Waals surface area contributed by atoms with Crippen molar-refractivity contribution in [3.8, 4) is 0 Å². The second-order valence-corrected chi connectivity index (χ2v) is 4.09.